The van der Waals surface area contributed by atoms with Gasteiger partial charge in [0.15, 0.2) is 5.69 Å². The molecule has 0 bridgehead atoms. The van der Waals surface area contributed by atoms with Gasteiger partial charge in [0, 0.05) is 20.1 Å². The molecule has 47 heavy (non-hydrogen) atoms. The third kappa shape index (κ3) is 9.25. The second kappa shape index (κ2) is 14.3. The van der Waals surface area contributed by atoms with Crippen molar-refractivity contribution in [2.75, 3.05) is 17.7 Å². The summed E-state index contributed by atoms with van der Waals surface area (Å²) < 4.78 is 47.6. The molecular formula is C32H42F2N6O6S. The van der Waals surface area contributed by atoms with Gasteiger partial charge in [0.05, 0.1) is 35.3 Å². The van der Waals surface area contributed by atoms with Crippen LogP contribution >= 0.6 is 11.3 Å². The van der Waals surface area contributed by atoms with Gasteiger partial charge >= 0.3 is 12.2 Å². The number of anilines is 2. The number of methoxy groups -OCH3 is 1. The first kappa shape index (κ1) is 35.7. The minimum absolute atomic E-state index is 0.0479. The van der Waals surface area contributed by atoms with E-state index in [1.807, 2.05) is 0 Å². The van der Waals surface area contributed by atoms with E-state index in [0.29, 0.717) is 31.4 Å². The van der Waals surface area contributed by atoms with Crippen molar-refractivity contribution in [3.05, 3.63) is 47.4 Å². The predicted molar refractivity (Wildman–Crippen MR) is 174 cm³/mol. The van der Waals surface area contributed by atoms with Crippen LogP contribution in [0.4, 0.5) is 29.1 Å². The molecule has 256 valence electrons. The van der Waals surface area contributed by atoms with Crippen molar-refractivity contribution in [1.82, 2.24) is 20.1 Å². The van der Waals surface area contributed by atoms with Crippen LogP contribution < -0.4 is 16.0 Å². The molecule has 2 heterocycles. The smallest absolute Gasteiger partial charge is 0.412 e. The number of aromatic nitrogens is 3. The molecule has 1 aliphatic rings. The first-order chi connectivity index (χ1) is 22.0. The van der Waals surface area contributed by atoms with Crippen molar-refractivity contribution in [3.63, 3.8) is 0 Å². The van der Waals surface area contributed by atoms with Crippen LogP contribution in [0.5, 0.6) is 0 Å². The topological polar surface area (TPSA) is 146 Å². The fraction of sp³-hybridized carbons (Fsp3) is 0.531. The number of nitrogens with one attached hydrogen (secondary N) is 3. The van der Waals surface area contributed by atoms with E-state index in [9.17, 15) is 23.2 Å². The summed E-state index contributed by atoms with van der Waals surface area (Å²) in [4.78, 5) is 43.2. The highest BCUT2D eigenvalue weighted by molar-refractivity contribution is 7.19. The number of alkyl carbamates (subject to hydrolysis) is 1. The maximum Gasteiger partial charge on any atom is 0.412 e. The zero-order chi connectivity index (χ0) is 34.7. The fourth-order valence-electron chi connectivity index (χ4n) is 5.43. The van der Waals surface area contributed by atoms with Crippen LogP contribution in [-0.4, -0.2) is 63.3 Å². The van der Waals surface area contributed by atoms with Crippen molar-refractivity contribution in [3.8, 4) is 10.6 Å². The van der Waals surface area contributed by atoms with E-state index >= 15 is 0 Å². The highest BCUT2D eigenvalue weighted by Gasteiger charge is 2.33. The number of halogens is 2. The lowest BCUT2D eigenvalue weighted by Gasteiger charge is -2.27. The van der Waals surface area contributed by atoms with E-state index in [2.05, 4.69) is 26.0 Å². The Morgan fingerprint density at radius 1 is 0.936 bits per heavy atom. The Hall–Kier alpha value is -4.11. The summed E-state index contributed by atoms with van der Waals surface area (Å²) in [6.07, 6.45) is 2.37. The standard InChI is InChI=1S/C32H42F2N6O6S/c1-31(2,3)45-29(42)37-20-14-12-17(13-15-22(20)44-8)25-21(16-35-40(25)7)36-26(41)24-28(39-30(43)46-32(4,5)6)47-27(38-24)23-18(33)10-9-11-19(23)34/h9-11,16-17,20,22H,12-15H2,1-8H3,(H,36,41)(H,37,42)(H,39,43). The number of amides is 3. The van der Waals surface area contributed by atoms with Gasteiger partial charge in [0.1, 0.15) is 32.8 Å². The second-order valence-corrected chi connectivity index (χ2v) is 14.3. The monoisotopic (exact) mass is 676 g/mol. The number of hydrogen-bond donors (Lipinski definition) is 3. The van der Waals surface area contributed by atoms with Gasteiger partial charge < -0.3 is 24.8 Å². The van der Waals surface area contributed by atoms with Gasteiger partial charge in [-0.15, -0.1) is 0 Å². The summed E-state index contributed by atoms with van der Waals surface area (Å²) in [7, 11) is 3.36. The van der Waals surface area contributed by atoms with Gasteiger partial charge in [-0.2, -0.15) is 5.10 Å². The molecule has 0 spiro atoms. The second-order valence-electron chi connectivity index (χ2n) is 13.3. The number of carbonyl (C=O) groups excluding carboxylic acids is 3. The highest BCUT2D eigenvalue weighted by atomic mass is 32.1. The van der Waals surface area contributed by atoms with Gasteiger partial charge in [-0.1, -0.05) is 17.4 Å². The molecule has 1 aromatic carbocycles. The van der Waals surface area contributed by atoms with Gasteiger partial charge in [0.25, 0.3) is 5.91 Å². The van der Waals surface area contributed by atoms with E-state index in [0.717, 1.165) is 29.2 Å². The number of hydrogen-bond acceptors (Lipinski definition) is 9. The number of carbonyl (C=O) groups is 3. The molecule has 12 nitrogen and oxygen atoms in total. The molecule has 1 aliphatic carbocycles. The molecule has 0 aliphatic heterocycles. The molecule has 1 fully saturated rings. The predicted octanol–water partition coefficient (Wildman–Crippen LogP) is 6.99. The lowest BCUT2D eigenvalue weighted by Crippen LogP contribution is -2.45. The van der Waals surface area contributed by atoms with Gasteiger partial charge in [-0.05, 0) is 79.4 Å². The molecule has 0 radical (unpaired) electrons. The minimum Gasteiger partial charge on any atom is -0.444 e. The molecule has 0 saturated heterocycles. The normalized spacial score (nSPS) is 18.6. The number of thiazole rings is 1. The third-order valence-electron chi connectivity index (χ3n) is 7.33. The number of nitrogens with zero attached hydrogens (tertiary/aromatic N) is 3. The average molecular weight is 677 g/mol. The Bertz CT molecular complexity index is 1590. The Labute approximate surface area is 276 Å². The number of aryl methyl sites for hydroxylation is 1. The van der Waals surface area contributed by atoms with E-state index in [-0.39, 0.29) is 33.8 Å². The summed E-state index contributed by atoms with van der Waals surface area (Å²) in [5, 5.41) is 12.5. The zero-order valence-corrected chi connectivity index (χ0v) is 28.6. The Morgan fingerprint density at radius 2 is 1.55 bits per heavy atom. The lowest BCUT2D eigenvalue weighted by atomic mass is 9.95. The van der Waals surface area contributed by atoms with Crippen molar-refractivity contribution in [1.29, 1.82) is 0 Å². The first-order valence-corrected chi connectivity index (χ1v) is 16.1. The number of rotatable bonds is 7. The van der Waals surface area contributed by atoms with Crippen LogP contribution in [0, 0.1) is 11.6 Å². The number of ether oxygens (including phenoxy) is 3. The van der Waals surface area contributed by atoms with Crippen LogP contribution in [0.1, 0.15) is 89.3 Å². The van der Waals surface area contributed by atoms with Crippen LogP contribution in [0.25, 0.3) is 10.6 Å². The largest absolute Gasteiger partial charge is 0.444 e. The molecule has 2 aromatic heterocycles. The summed E-state index contributed by atoms with van der Waals surface area (Å²) in [6.45, 7) is 10.4. The van der Waals surface area contributed by atoms with Crippen LogP contribution in [0.3, 0.4) is 0 Å². The molecule has 1 saturated carbocycles. The number of benzene rings is 1. The summed E-state index contributed by atoms with van der Waals surface area (Å²) in [5.41, 5.74) is -1.02. The Morgan fingerprint density at radius 3 is 2.17 bits per heavy atom. The van der Waals surface area contributed by atoms with Crippen LogP contribution in [-0.2, 0) is 21.3 Å². The zero-order valence-electron chi connectivity index (χ0n) is 27.8. The molecule has 4 rings (SSSR count). The molecular weight excluding hydrogens is 634 g/mol. The van der Waals surface area contributed by atoms with Crippen molar-refractivity contribution >= 4 is 40.1 Å². The van der Waals surface area contributed by atoms with Crippen LogP contribution in [0.2, 0.25) is 0 Å². The fourth-order valence-corrected chi connectivity index (χ4v) is 6.43. The van der Waals surface area contributed by atoms with E-state index < -0.39 is 46.5 Å². The Balaban J connectivity index is 1.60. The van der Waals surface area contributed by atoms with Crippen molar-refractivity contribution < 1.29 is 37.4 Å². The van der Waals surface area contributed by atoms with E-state index in [1.54, 1.807) is 60.4 Å². The molecule has 3 N–H and O–H groups in total. The highest BCUT2D eigenvalue weighted by Crippen LogP contribution is 2.38. The molecule has 3 atom stereocenters. The maximum atomic E-state index is 14.7. The summed E-state index contributed by atoms with van der Waals surface area (Å²) in [5.74, 6) is -2.53. The summed E-state index contributed by atoms with van der Waals surface area (Å²) >= 11 is 0.742. The molecule has 15 heteroatoms. The summed E-state index contributed by atoms with van der Waals surface area (Å²) in [6, 6.07) is 3.09. The minimum atomic E-state index is -0.869. The van der Waals surface area contributed by atoms with Crippen LogP contribution in [0.15, 0.2) is 24.4 Å². The SMILES string of the molecule is COC1CCC(c2c(NC(=O)c3nc(-c4c(F)cccc4F)sc3NC(=O)OC(C)(C)C)cnn2C)CCC1NC(=O)OC(C)(C)C. The molecule has 3 aromatic rings. The molecule has 3 amide bonds. The van der Waals surface area contributed by atoms with Crippen molar-refractivity contribution in [2.45, 2.75) is 96.5 Å². The van der Waals surface area contributed by atoms with Gasteiger partial charge in [-0.3, -0.25) is 14.8 Å². The van der Waals surface area contributed by atoms with E-state index in [4.69, 9.17) is 14.2 Å². The molecule has 3 unspecified atom stereocenters. The van der Waals surface area contributed by atoms with Gasteiger partial charge in [0.2, 0.25) is 0 Å². The quantitative estimate of drug-likeness (QED) is 0.227. The average Bonchev–Trinajstić information content (AvgIpc) is 3.44. The third-order valence-corrected chi connectivity index (χ3v) is 8.32. The lowest BCUT2D eigenvalue weighted by molar-refractivity contribution is 0.0316. The maximum absolute atomic E-state index is 14.7. The van der Waals surface area contributed by atoms with Crippen molar-refractivity contribution in [2.24, 2.45) is 7.05 Å². The first-order valence-electron chi connectivity index (χ1n) is 15.3. The Kier molecular flexibility index (Phi) is 10.9. The van der Waals surface area contributed by atoms with E-state index in [1.165, 1.54) is 12.3 Å². The van der Waals surface area contributed by atoms with Gasteiger partial charge in [-0.25, -0.2) is 23.4 Å².